The zero-order valence-corrected chi connectivity index (χ0v) is 17.5. The molecule has 0 aliphatic heterocycles. The summed E-state index contributed by atoms with van der Waals surface area (Å²) in [5, 5.41) is 19.8. The van der Waals surface area contributed by atoms with E-state index in [0.717, 1.165) is 23.9 Å². The van der Waals surface area contributed by atoms with Crippen molar-refractivity contribution in [3.63, 3.8) is 0 Å². The van der Waals surface area contributed by atoms with Crippen molar-refractivity contribution in [1.29, 1.82) is 0 Å². The van der Waals surface area contributed by atoms with Crippen LogP contribution in [-0.2, 0) is 5.41 Å². The van der Waals surface area contributed by atoms with Crippen molar-refractivity contribution in [3.05, 3.63) is 70.7 Å². The van der Waals surface area contributed by atoms with E-state index < -0.39 is 28.8 Å². The van der Waals surface area contributed by atoms with Gasteiger partial charge in [-0.3, -0.25) is 4.79 Å². The first-order chi connectivity index (χ1) is 15.9. The number of nitrogens with zero attached hydrogens (tertiary/aromatic N) is 4. The van der Waals surface area contributed by atoms with Crippen LogP contribution in [0, 0.1) is 17.5 Å². The Morgan fingerprint density at radius 3 is 2.52 bits per heavy atom. The highest BCUT2D eigenvalue weighted by atomic mass is 19.1. The van der Waals surface area contributed by atoms with Crippen molar-refractivity contribution in [2.45, 2.75) is 37.0 Å². The van der Waals surface area contributed by atoms with E-state index in [2.05, 4.69) is 25.5 Å². The second-order valence-corrected chi connectivity index (χ2v) is 8.36. The van der Waals surface area contributed by atoms with Crippen LogP contribution in [0.2, 0.25) is 0 Å². The first-order valence-electron chi connectivity index (χ1n) is 10.7. The molecule has 2 bridgehead atoms. The van der Waals surface area contributed by atoms with E-state index >= 15 is 4.39 Å². The lowest BCUT2D eigenvalue weighted by molar-refractivity contribution is 0.0933. The third-order valence-electron chi connectivity index (χ3n) is 6.57. The van der Waals surface area contributed by atoms with Crippen LogP contribution in [0.1, 0.15) is 59.2 Å². The summed E-state index contributed by atoms with van der Waals surface area (Å²) in [7, 11) is 0. The van der Waals surface area contributed by atoms with Crippen LogP contribution in [0.4, 0.5) is 13.2 Å². The zero-order chi connectivity index (χ0) is 23.2. The molecule has 7 nitrogen and oxygen atoms in total. The number of nitrogens with one attached hydrogen (secondary N) is 1. The van der Waals surface area contributed by atoms with Crippen molar-refractivity contribution >= 4 is 5.91 Å². The topological polar surface area (TPSA) is 101 Å². The lowest BCUT2D eigenvalue weighted by Crippen LogP contribution is -2.42. The molecule has 0 radical (unpaired) electrons. The second-order valence-electron chi connectivity index (χ2n) is 8.36. The number of aromatic nitrogens is 4. The minimum absolute atomic E-state index is 0.0193. The maximum absolute atomic E-state index is 15.0. The number of rotatable bonds is 5. The average Bonchev–Trinajstić information content (AvgIpc) is 2.83. The lowest BCUT2D eigenvalue weighted by atomic mass is 9.58. The molecule has 10 heteroatoms. The first kappa shape index (κ1) is 21.4. The molecular weight excluding hydrogens is 435 g/mol. The van der Waals surface area contributed by atoms with Crippen LogP contribution < -0.4 is 5.32 Å². The molecule has 1 fully saturated rings. The molecule has 0 unspecified atom stereocenters. The molecule has 1 saturated carbocycles. The summed E-state index contributed by atoms with van der Waals surface area (Å²) in [6.07, 6.45) is 3.50. The molecule has 33 heavy (non-hydrogen) atoms. The van der Waals surface area contributed by atoms with Gasteiger partial charge in [0.2, 0.25) is 5.82 Å². The third kappa shape index (κ3) is 3.45. The Hall–Kier alpha value is -3.40. The quantitative estimate of drug-likeness (QED) is 0.614. The van der Waals surface area contributed by atoms with Gasteiger partial charge in [-0.15, -0.1) is 5.10 Å². The third-order valence-corrected chi connectivity index (χ3v) is 6.57. The van der Waals surface area contributed by atoms with Crippen LogP contribution in [0.5, 0.6) is 0 Å². The van der Waals surface area contributed by atoms with Crippen molar-refractivity contribution in [1.82, 2.24) is 25.5 Å². The molecule has 170 valence electrons. The summed E-state index contributed by atoms with van der Waals surface area (Å²) in [6, 6.07) is 5.23. The number of aliphatic hydroxyl groups is 1. The maximum atomic E-state index is 15.0. The first-order valence-corrected chi connectivity index (χ1v) is 10.7. The molecule has 1 amide bonds. The van der Waals surface area contributed by atoms with Crippen LogP contribution in [-0.4, -0.2) is 44.3 Å². The number of carbonyl (C=O) groups is 1. The average molecular weight is 455 g/mol. The van der Waals surface area contributed by atoms with E-state index in [4.69, 9.17) is 5.11 Å². The number of amides is 1. The Morgan fingerprint density at radius 2 is 1.82 bits per heavy atom. The molecule has 0 saturated heterocycles. The fraction of sp³-hybridized carbons (Fsp3) is 0.348. The number of aliphatic hydroxyl groups excluding tert-OH is 1. The highest BCUT2D eigenvalue weighted by Crippen LogP contribution is 2.55. The van der Waals surface area contributed by atoms with Crippen molar-refractivity contribution in [2.75, 3.05) is 13.2 Å². The molecule has 3 aliphatic rings. The Morgan fingerprint density at radius 1 is 1.09 bits per heavy atom. The lowest BCUT2D eigenvalue weighted by Gasteiger charge is -2.46. The molecule has 3 aliphatic carbocycles. The van der Waals surface area contributed by atoms with E-state index in [1.54, 1.807) is 6.07 Å². The summed E-state index contributed by atoms with van der Waals surface area (Å²) in [4.78, 5) is 20.3. The van der Waals surface area contributed by atoms with Gasteiger partial charge in [0.05, 0.1) is 40.9 Å². The van der Waals surface area contributed by atoms with Crippen LogP contribution in [0.25, 0.3) is 11.3 Å². The van der Waals surface area contributed by atoms with E-state index in [1.165, 1.54) is 6.07 Å². The summed E-state index contributed by atoms with van der Waals surface area (Å²) >= 11 is 0. The van der Waals surface area contributed by atoms with Gasteiger partial charge in [-0.2, -0.15) is 5.10 Å². The van der Waals surface area contributed by atoms with Gasteiger partial charge in [-0.05, 0) is 55.4 Å². The summed E-state index contributed by atoms with van der Waals surface area (Å²) < 4.78 is 43.7. The number of halogens is 3. The number of hydrogen-bond donors (Lipinski definition) is 2. The monoisotopic (exact) mass is 455 g/mol. The standard InChI is InChI=1S/C23H20F3N5O2/c24-14-2-1-3-15(25)18(14)17-10-13-12-4-6-23(7-5-12,19(13)31-30-17)20-16(26)11-28-21(29-20)22(33)27-8-9-32/h1-3,10-12,32H,4-9H2,(H,27,33)/t12-,23-. The van der Waals surface area contributed by atoms with E-state index in [9.17, 15) is 13.6 Å². The SMILES string of the molecule is O=C(NCCO)c1ncc(F)c([C@]23CC[C@H](CC2)c2cc(-c4c(F)cccc4F)nnc23)n1. The molecule has 2 heterocycles. The van der Waals surface area contributed by atoms with Crippen molar-refractivity contribution < 1.29 is 23.1 Å². The van der Waals surface area contributed by atoms with Crippen LogP contribution in [0.3, 0.4) is 0 Å². The summed E-state index contributed by atoms with van der Waals surface area (Å²) in [5.41, 5.74) is 0.265. The fourth-order valence-electron chi connectivity index (χ4n) is 5.02. The predicted octanol–water partition coefficient (Wildman–Crippen LogP) is 3.03. The molecule has 1 aromatic carbocycles. The summed E-state index contributed by atoms with van der Waals surface area (Å²) in [5.74, 6) is -2.85. The highest BCUT2D eigenvalue weighted by Gasteiger charge is 2.50. The van der Waals surface area contributed by atoms with Gasteiger partial charge in [-0.25, -0.2) is 23.1 Å². The second kappa shape index (κ2) is 8.18. The minimum atomic E-state index is -0.914. The van der Waals surface area contributed by atoms with Gasteiger partial charge < -0.3 is 10.4 Å². The maximum Gasteiger partial charge on any atom is 0.289 e. The Labute approximate surface area is 187 Å². The Bertz CT molecular complexity index is 1220. The molecule has 0 atom stereocenters. The minimum Gasteiger partial charge on any atom is -0.395 e. The van der Waals surface area contributed by atoms with Crippen molar-refractivity contribution in [3.8, 4) is 11.3 Å². The highest BCUT2D eigenvalue weighted by molar-refractivity contribution is 5.90. The van der Waals surface area contributed by atoms with E-state index in [-0.39, 0.29) is 41.8 Å². The number of benzene rings is 1. The molecular formula is C23H20F3N5O2. The van der Waals surface area contributed by atoms with Gasteiger partial charge in [0.15, 0.2) is 5.82 Å². The largest absolute Gasteiger partial charge is 0.395 e. The number of fused-ring (bicyclic) bond motifs is 2. The zero-order valence-electron chi connectivity index (χ0n) is 17.5. The van der Waals surface area contributed by atoms with Gasteiger partial charge in [0.1, 0.15) is 11.6 Å². The fourth-order valence-corrected chi connectivity index (χ4v) is 5.02. The van der Waals surface area contributed by atoms with Gasteiger partial charge in [-0.1, -0.05) is 6.07 Å². The molecule has 3 aromatic rings. The molecule has 6 rings (SSSR count). The molecule has 2 aromatic heterocycles. The Balaban J connectivity index is 1.62. The van der Waals surface area contributed by atoms with E-state index in [0.29, 0.717) is 31.4 Å². The van der Waals surface area contributed by atoms with Crippen LogP contribution >= 0.6 is 0 Å². The normalized spacial score (nSPS) is 21.0. The molecule has 0 spiro atoms. The van der Waals surface area contributed by atoms with Gasteiger partial charge >= 0.3 is 0 Å². The Kier molecular flexibility index (Phi) is 5.32. The smallest absolute Gasteiger partial charge is 0.289 e. The molecule has 2 N–H and O–H groups in total. The van der Waals surface area contributed by atoms with E-state index in [1.807, 2.05) is 0 Å². The number of carbonyl (C=O) groups excluding carboxylic acids is 1. The van der Waals surface area contributed by atoms with Gasteiger partial charge in [0, 0.05) is 6.54 Å². The van der Waals surface area contributed by atoms with Crippen LogP contribution in [0.15, 0.2) is 30.5 Å². The predicted molar refractivity (Wildman–Crippen MR) is 111 cm³/mol. The van der Waals surface area contributed by atoms with Gasteiger partial charge in [0.25, 0.3) is 5.91 Å². The number of hydrogen-bond acceptors (Lipinski definition) is 6. The summed E-state index contributed by atoms with van der Waals surface area (Å²) in [6.45, 7) is -0.232. The van der Waals surface area contributed by atoms with Crippen molar-refractivity contribution in [2.24, 2.45) is 0 Å².